The van der Waals surface area contributed by atoms with Crippen molar-refractivity contribution >= 4 is 11.8 Å². The minimum atomic E-state index is -0.591. The van der Waals surface area contributed by atoms with E-state index in [-0.39, 0.29) is 22.9 Å². The summed E-state index contributed by atoms with van der Waals surface area (Å²) >= 11 is 0. The van der Waals surface area contributed by atoms with Gasteiger partial charge in [0.1, 0.15) is 5.57 Å². The van der Waals surface area contributed by atoms with Crippen LogP contribution in [0.4, 0.5) is 0 Å². The van der Waals surface area contributed by atoms with Gasteiger partial charge in [0, 0.05) is 11.5 Å². The van der Waals surface area contributed by atoms with Crippen molar-refractivity contribution in [2.24, 2.45) is 40.2 Å². The van der Waals surface area contributed by atoms with Gasteiger partial charge in [0.25, 0.3) is 11.8 Å². The van der Waals surface area contributed by atoms with Crippen molar-refractivity contribution < 1.29 is 9.59 Å². The Labute approximate surface area is 151 Å². The third kappa shape index (κ3) is 2.25. The molecule has 138 valence electrons. The number of rotatable bonds is 2. The van der Waals surface area contributed by atoms with Crippen LogP contribution in [0.15, 0.2) is 11.6 Å². The average Bonchev–Trinajstić information content (AvgIpc) is 2.91. The summed E-state index contributed by atoms with van der Waals surface area (Å²) in [4.78, 5) is 24.0. The summed E-state index contributed by atoms with van der Waals surface area (Å²) in [5, 5.41) is 3.10. The maximum Gasteiger partial charge on any atom is 0.256 e. The second kappa shape index (κ2) is 5.59. The molecule has 3 aliphatic carbocycles. The van der Waals surface area contributed by atoms with Gasteiger partial charge in [0.2, 0.25) is 0 Å². The van der Waals surface area contributed by atoms with Crippen LogP contribution in [0.2, 0.25) is 0 Å². The van der Waals surface area contributed by atoms with Crippen molar-refractivity contribution in [2.75, 3.05) is 0 Å². The Kier molecular flexibility index (Phi) is 3.82. The predicted octanol–water partition coefficient (Wildman–Crippen LogP) is 3.17. The molecule has 4 rings (SSSR count). The number of primary amides is 1. The highest BCUT2D eigenvalue weighted by Crippen LogP contribution is 2.65. The minimum Gasteiger partial charge on any atom is -0.365 e. The molecule has 0 aromatic heterocycles. The molecule has 3 N–H and O–H groups in total. The van der Waals surface area contributed by atoms with E-state index in [1.165, 1.54) is 38.5 Å². The summed E-state index contributed by atoms with van der Waals surface area (Å²) < 4.78 is 0. The van der Waals surface area contributed by atoms with Gasteiger partial charge >= 0.3 is 0 Å². The fourth-order valence-electron chi connectivity index (χ4n) is 7.40. The van der Waals surface area contributed by atoms with Crippen LogP contribution in [-0.2, 0) is 9.59 Å². The van der Waals surface area contributed by atoms with Crippen molar-refractivity contribution in [2.45, 2.75) is 71.8 Å². The van der Waals surface area contributed by atoms with Crippen LogP contribution in [0.25, 0.3) is 0 Å². The molecule has 1 aliphatic heterocycles. The zero-order valence-corrected chi connectivity index (χ0v) is 15.8. The highest BCUT2D eigenvalue weighted by molar-refractivity contribution is 6.18. The van der Waals surface area contributed by atoms with Crippen LogP contribution in [0.1, 0.15) is 65.7 Å². The summed E-state index contributed by atoms with van der Waals surface area (Å²) in [5.41, 5.74) is 6.01. The van der Waals surface area contributed by atoms with E-state index in [1.807, 2.05) is 6.08 Å². The Hall–Kier alpha value is -1.32. The van der Waals surface area contributed by atoms with Crippen LogP contribution in [0.3, 0.4) is 0 Å². The van der Waals surface area contributed by atoms with Gasteiger partial charge in [-0.3, -0.25) is 9.59 Å². The molecule has 4 aliphatic rings. The molecule has 3 fully saturated rings. The second-order valence-corrected chi connectivity index (χ2v) is 9.50. The Morgan fingerprint density at radius 1 is 1.20 bits per heavy atom. The molecule has 0 aromatic carbocycles. The third-order valence-corrected chi connectivity index (χ3v) is 8.74. The van der Waals surface area contributed by atoms with Gasteiger partial charge in [-0.05, 0) is 67.6 Å². The molecule has 4 heteroatoms. The number of hydrogen-bond acceptors (Lipinski definition) is 2. The van der Waals surface area contributed by atoms with Crippen molar-refractivity contribution in [3.05, 3.63) is 11.6 Å². The predicted molar refractivity (Wildman–Crippen MR) is 97.4 cm³/mol. The third-order valence-electron chi connectivity index (χ3n) is 8.74. The van der Waals surface area contributed by atoms with E-state index in [2.05, 4.69) is 26.1 Å². The van der Waals surface area contributed by atoms with Gasteiger partial charge in [0.15, 0.2) is 0 Å². The summed E-state index contributed by atoms with van der Waals surface area (Å²) in [6.07, 6.45) is 10.7. The van der Waals surface area contributed by atoms with Gasteiger partial charge in [0.05, 0.1) is 0 Å². The molecule has 1 heterocycles. The molecular weight excluding hydrogens is 312 g/mol. The fraction of sp³-hybridized carbons (Fsp3) is 0.810. The van der Waals surface area contributed by atoms with E-state index in [1.54, 1.807) is 0 Å². The molecule has 4 nitrogen and oxygen atoms in total. The normalized spacial score (nSPS) is 48.7. The molecule has 0 bridgehead atoms. The van der Waals surface area contributed by atoms with E-state index < -0.39 is 5.91 Å². The molecule has 0 aromatic rings. The molecular formula is C21H32N2O2. The first-order chi connectivity index (χ1) is 11.8. The highest BCUT2D eigenvalue weighted by Gasteiger charge is 2.59. The first kappa shape index (κ1) is 17.1. The topological polar surface area (TPSA) is 72.2 Å². The van der Waals surface area contributed by atoms with E-state index in [0.29, 0.717) is 11.3 Å². The van der Waals surface area contributed by atoms with Crippen LogP contribution >= 0.6 is 0 Å². The summed E-state index contributed by atoms with van der Waals surface area (Å²) in [6.45, 7) is 7.14. The minimum absolute atomic E-state index is 0.132. The number of nitrogens with two attached hydrogens (primary N) is 1. The smallest absolute Gasteiger partial charge is 0.256 e. The number of fused-ring (bicyclic) bond motifs is 5. The maximum absolute atomic E-state index is 12.2. The Morgan fingerprint density at radius 3 is 2.64 bits per heavy atom. The van der Waals surface area contributed by atoms with E-state index in [4.69, 9.17) is 5.73 Å². The summed E-state index contributed by atoms with van der Waals surface area (Å²) in [6, 6.07) is 0.150. The number of carbonyl (C=O) groups excluding carboxylic acids is 2. The lowest BCUT2D eigenvalue weighted by Crippen LogP contribution is -2.60. The van der Waals surface area contributed by atoms with Gasteiger partial charge in [-0.15, -0.1) is 0 Å². The Balaban J connectivity index is 1.70. The van der Waals surface area contributed by atoms with Crippen LogP contribution < -0.4 is 11.1 Å². The monoisotopic (exact) mass is 344 g/mol. The van der Waals surface area contributed by atoms with Crippen molar-refractivity contribution in [1.29, 1.82) is 0 Å². The van der Waals surface area contributed by atoms with E-state index in [0.717, 1.165) is 24.2 Å². The first-order valence-electron chi connectivity index (χ1n) is 10.1. The van der Waals surface area contributed by atoms with Gasteiger partial charge in [-0.1, -0.05) is 33.3 Å². The molecule has 7 atom stereocenters. The van der Waals surface area contributed by atoms with Gasteiger partial charge < -0.3 is 11.1 Å². The molecule has 0 spiro atoms. The van der Waals surface area contributed by atoms with Crippen LogP contribution in [0.5, 0.6) is 0 Å². The van der Waals surface area contributed by atoms with Crippen LogP contribution in [0, 0.1) is 34.5 Å². The van der Waals surface area contributed by atoms with Crippen LogP contribution in [-0.4, -0.2) is 17.9 Å². The Morgan fingerprint density at radius 2 is 1.96 bits per heavy atom. The SMILES string of the molecule is CCC1CC[C@H]2[C@@H]3CCC4NC(=O)C(C(N)=O)=C[C@]4(C)[C@@H]3CC[C@]12C. The molecule has 3 saturated carbocycles. The van der Waals surface area contributed by atoms with Crippen molar-refractivity contribution in [3.8, 4) is 0 Å². The average molecular weight is 344 g/mol. The molecule has 0 radical (unpaired) electrons. The summed E-state index contributed by atoms with van der Waals surface area (Å²) in [7, 11) is 0. The van der Waals surface area contributed by atoms with E-state index in [9.17, 15) is 9.59 Å². The Bertz CT molecular complexity index is 642. The number of amides is 2. The zero-order valence-electron chi connectivity index (χ0n) is 15.8. The standard InChI is InChI=1S/C21H32N2O2/c1-4-12-5-7-15-13-6-8-17-21(3,16(13)9-10-20(12,15)2)11-14(18(22)24)19(25)23-17/h11-13,15-17H,4-10H2,1-3H3,(H2,22,24)(H,23,25)/t12?,13-,15-,16+,17?,20+,21+/m0/s1. The van der Waals surface area contributed by atoms with Crippen molar-refractivity contribution in [1.82, 2.24) is 5.32 Å². The molecule has 2 unspecified atom stereocenters. The number of nitrogens with one attached hydrogen (secondary N) is 1. The number of carbonyl (C=O) groups is 2. The van der Waals surface area contributed by atoms with Crippen molar-refractivity contribution in [3.63, 3.8) is 0 Å². The number of hydrogen-bond donors (Lipinski definition) is 2. The fourth-order valence-corrected chi connectivity index (χ4v) is 7.40. The largest absolute Gasteiger partial charge is 0.365 e. The lowest BCUT2D eigenvalue weighted by molar-refractivity contribution is -0.127. The maximum atomic E-state index is 12.2. The molecule has 2 amide bonds. The summed E-state index contributed by atoms with van der Waals surface area (Å²) in [5.74, 6) is 2.07. The lowest BCUT2D eigenvalue weighted by Gasteiger charge is -2.59. The molecule has 0 saturated heterocycles. The quantitative estimate of drug-likeness (QED) is 0.755. The van der Waals surface area contributed by atoms with Gasteiger partial charge in [-0.25, -0.2) is 0 Å². The van der Waals surface area contributed by atoms with Gasteiger partial charge in [-0.2, -0.15) is 0 Å². The zero-order chi connectivity index (χ0) is 18.0. The van der Waals surface area contributed by atoms with E-state index >= 15 is 0 Å². The lowest BCUT2D eigenvalue weighted by atomic mass is 9.47. The first-order valence-corrected chi connectivity index (χ1v) is 10.1. The molecule has 25 heavy (non-hydrogen) atoms. The highest BCUT2D eigenvalue weighted by atomic mass is 16.2. The second-order valence-electron chi connectivity index (χ2n) is 9.50.